The summed E-state index contributed by atoms with van der Waals surface area (Å²) in [6.07, 6.45) is 0. The second-order valence-electron chi connectivity index (χ2n) is 5.51. The van der Waals surface area contributed by atoms with Crippen LogP contribution in [0.1, 0.15) is 20.7 Å². The molecule has 0 N–H and O–H groups in total. The van der Waals surface area contributed by atoms with Gasteiger partial charge in [0.15, 0.2) is 23.0 Å². The first kappa shape index (κ1) is 21.7. The Kier molecular flexibility index (Phi) is 7.13. The van der Waals surface area contributed by atoms with Crippen LogP contribution in [0.4, 0.5) is 0 Å². The number of ether oxygens (including phenoxy) is 7. The molecule has 156 valence electrons. The Morgan fingerprint density at radius 2 is 0.793 bits per heavy atom. The van der Waals surface area contributed by atoms with Gasteiger partial charge in [0.2, 0.25) is 11.5 Å². The molecule has 9 nitrogen and oxygen atoms in total. The minimum atomic E-state index is -0.900. The van der Waals surface area contributed by atoms with Crippen molar-refractivity contribution in [3.8, 4) is 34.5 Å². The van der Waals surface area contributed by atoms with E-state index in [1.807, 2.05) is 0 Å². The van der Waals surface area contributed by atoms with Gasteiger partial charge in [0.25, 0.3) is 0 Å². The molecule has 0 saturated carbocycles. The number of carbonyl (C=O) groups is 2. The van der Waals surface area contributed by atoms with E-state index in [4.69, 9.17) is 33.2 Å². The average Bonchev–Trinajstić information content (AvgIpc) is 2.76. The fraction of sp³-hybridized carbons (Fsp3) is 0.300. The average molecular weight is 406 g/mol. The van der Waals surface area contributed by atoms with Crippen LogP contribution in [0.3, 0.4) is 0 Å². The molecule has 2 aromatic carbocycles. The fourth-order valence-corrected chi connectivity index (χ4v) is 2.60. The Bertz CT molecular complexity index is 781. The zero-order chi connectivity index (χ0) is 21.6. The quantitative estimate of drug-likeness (QED) is 0.484. The summed E-state index contributed by atoms with van der Waals surface area (Å²) in [4.78, 5) is 25.0. The monoisotopic (exact) mass is 406 g/mol. The largest absolute Gasteiger partial charge is 0.493 e. The summed E-state index contributed by atoms with van der Waals surface area (Å²) in [5.74, 6) is -0.188. The van der Waals surface area contributed by atoms with Gasteiger partial charge in [0.1, 0.15) is 0 Å². The van der Waals surface area contributed by atoms with Crippen molar-refractivity contribution >= 4 is 11.9 Å². The molecule has 0 saturated heterocycles. The molecule has 2 rings (SSSR count). The zero-order valence-corrected chi connectivity index (χ0v) is 17.0. The number of carbonyl (C=O) groups excluding carboxylic acids is 2. The highest BCUT2D eigenvalue weighted by atomic mass is 16.6. The molecule has 0 aromatic heterocycles. The first-order chi connectivity index (χ1) is 13.9. The molecule has 29 heavy (non-hydrogen) atoms. The maximum Gasteiger partial charge on any atom is 0.346 e. The normalized spacial score (nSPS) is 10.0. The van der Waals surface area contributed by atoms with Crippen molar-refractivity contribution in [2.75, 3.05) is 42.7 Å². The van der Waals surface area contributed by atoms with E-state index in [0.717, 1.165) is 0 Å². The van der Waals surface area contributed by atoms with E-state index >= 15 is 0 Å². The summed E-state index contributed by atoms with van der Waals surface area (Å²) in [7, 11) is 8.51. The SMILES string of the molecule is COc1cc(C(=O)OC(=O)c2cc(OC)c(OC)c(OC)c2)cc(OC)c1OC. The van der Waals surface area contributed by atoms with Crippen LogP contribution in [0.2, 0.25) is 0 Å². The summed E-state index contributed by atoms with van der Waals surface area (Å²) < 4.78 is 36.2. The van der Waals surface area contributed by atoms with E-state index in [1.165, 1.54) is 66.9 Å². The van der Waals surface area contributed by atoms with Crippen molar-refractivity contribution in [1.29, 1.82) is 0 Å². The third-order valence-electron chi connectivity index (χ3n) is 3.99. The molecule has 0 bridgehead atoms. The molecule has 0 fully saturated rings. The number of methoxy groups -OCH3 is 6. The molecule has 0 unspecified atom stereocenters. The second-order valence-corrected chi connectivity index (χ2v) is 5.51. The Hall–Kier alpha value is -3.62. The third-order valence-corrected chi connectivity index (χ3v) is 3.99. The van der Waals surface area contributed by atoms with E-state index < -0.39 is 11.9 Å². The Morgan fingerprint density at radius 1 is 0.517 bits per heavy atom. The van der Waals surface area contributed by atoms with Crippen molar-refractivity contribution in [1.82, 2.24) is 0 Å². The van der Waals surface area contributed by atoms with Crippen LogP contribution < -0.4 is 28.4 Å². The number of hydrogen-bond acceptors (Lipinski definition) is 9. The van der Waals surface area contributed by atoms with Crippen LogP contribution in [0.25, 0.3) is 0 Å². The maximum atomic E-state index is 12.5. The number of benzene rings is 2. The third kappa shape index (κ3) is 4.45. The van der Waals surface area contributed by atoms with Crippen molar-refractivity contribution < 1.29 is 42.7 Å². The first-order valence-electron chi connectivity index (χ1n) is 8.30. The highest BCUT2D eigenvalue weighted by molar-refractivity contribution is 6.03. The van der Waals surface area contributed by atoms with E-state index in [-0.39, 0.29) is 34.1 Å². The van der Waals surface area contributed by atoms with Crippen molar-refractivity contribution in [2.45, 2.75) is 0 Å². The second kappa shape index (κ2) is 9.54. The van der Waals surface area contributed by atoms with Gasteiger partial charge in [0.05, 0.1) is 53.8 Å². The molecular weight excluding hydrogens is 384 g/mol. The molecule has 0 amide bonds. The van der Waals surface area contributed by atoms with E-state index in [9.17, 15) is 9.59 Å². The lowest BCUT2D eigenvalue weighted by Gasteiger charge is -2.14. The van der Waals surface area contributed by atoms with Gasteiger partial charge in [-0.05, 0) is 24.3 Å². The van der Waals surface area contributed by atoms with Crippen LogP contribution in [0.15, 0.2) is 24.3 Å². The van der Waals surface area contributed by atoms with Crippen LogP contribution in [-0.2, 0) is 4.74 Å². The van der Waals surface area contributed by atoms with Gasteiger partial charge in [-0.1, -0.05) is 0 Å². The maximum absolute atomic E-state index is 12.5. The standard InChI is InChI=1S/C20H22O9/c1-23-13-7-11(8-14(24-2)17(13)27-5)19(21)29-20(22)12-9-15(25-3)18(28-6)16(10-12)26-4/h7-10H,1-6H3. The Labute approximate surface area is 168 Å². The fourth-order valence-electron chi connectivity index (χ4n) is 2.60. The summed E-state index contributed by atoms with van der Waals surface area (Å²) >= 11 is 0. The minimum absolute atomic E-state index is 0.0419. The van der Waals surface area contributed by atoms with Gasteiger partial charge in [-0.2, -0.15) is 0 Å². The van der Waals surface area contributed by atoms with E-state index in [2.05, 4.69) is 0 Å². The Morgan fingerprint density at radius 3 is 1.00 bits per heavy atom. The topological polar surface area (TPSA) is 98.8 Å². The number of hydrogen-bond donors (Lipinski definition) is 0. The zero-order valence-electron chi connectivity index (χ0n) is 17.0. The molecule has 0 aliphatic rings. The van der Waals surface area contributed by atoms with Gasteiger partial charge in [-0.15, -0.1) is 0 Å². The van der Waals surface area contributed by atoms with Crippen LogP contribution in [-0.4, -0.2) is 54.6 Å². The molecule has 0 heterocycles. The number of esters is 2. The van der Waals surface area contributed by atoms with E-state index in [0.29, 0.717) is 11.5 Å². The van der Waals surface area contributed by atoms with Gasteiger partial charge >= 0.3 is 11.9 Å². The minimum Gasteiger partial charge on any atom is -0.493 e. The molecule has 2 aromatic rings. The number of rotatable bonds is 8. The predicted molar refractivity (Wildman–Crippen MR) is 102 cm³/mol. The summed E-state index contributed by atoms with van der Waals surface area (Å²) in [6.45, 7) is 0. The van der Waals surface area contributed by atoms with Gasteiger partial charge < -0.3 is 33.2 Å². The molecule has 0 aliphatic carbocycles. The molecule has 0 spiro atoms. The Balaban J connectivity index is 2.35. The molecular formula is C20H22O9. The van der Waals surface area contributed by atoms with Crippen molar-refractivity contribution in [2.24, 2.45) is 0 Å². The molecule has 9 heteroatoms. The first-order valence-corrected chi connectivity index (χ1v) is 8.30. The van der Waals surface area contributed by atoms with Crippen LogP contribution >= 0.6 is 0 Å². The van der Waals surface area contributed by atoms with Gasteiger partial charge in [-0.3, -0.25) is 0 Å². The molecule has 0 radical (unpaired) electrons. The molecule has 0 aliphatic heterocycles. The highest BCUT2D eigenvalue weighted by Crippen LogP contribution is 2.39. The van der Waals surface area contributed by atoms with Crippen molar-refractivity contribution in [3.05, 3.63) is 35.4 Å². The smallest absolute Gasteiger partial charge is 0.346 e. The van der Waals surface area contributed by atoms with Gasteiger partial charge in [0, 0.05) is 0 Å². The summed E-state index contributed by atoms with van der Waals surface area (Å²) in [5, 5.41) is 0. The lowest BCUT2D eigenvalue weighted by atomic mass is 10.1. The van der Waals surface area contributed by atoms with Crippen molar-refractivity contribution in [3.63, 3.8) is 0 Å². The van der Waals surface area contributed by atoms with Crippen LogP contribution in [0, 0.1) is 0 Å². The summed E-state index contributed by atoms with van der Waals surface area (Å²) in [6, 6.07) is 5.52. The summed E-state index contributed by atoms with van der Waals surface area (Å²) in [5.41, 5.74) is 0.0839. The molecule has 0 atom stereocenters. The highest BCUT2D eigenvalue weighted by Gasteiger charge is 2.23. The van der Waals surface area contributed by atoms with Gasteiger partial charge in [-0.25, -0.2) is 9.59 Å². The lowest BCUT2D eigenvalue weighted by molar-refractivity contribution is 0.0396. The predicted octanol–water partition coefficient (Wildman–Crippen LogP) is 2.74. The van der Waals surface area contributed by atoms with E-state index in [1.54, 1.807) is 0 Å². The van der Waals surface area contributed by atoms with Crippen LogP contribution in [0.5, 0.6) is 34.5 Å². The lowest BCUT2D eigenvalue weighted by Crippen LogP contribution is -2.14.